The highest BCUT2D eigenvalue weighted by molar-refractivity contribution is 7.11. The summed E-state index contributed by atoms with van der Waals surface area (Å²) in [7, 11) is 0. The van der Waals surface area contributed by atoms with Crippen molar-refractivity contribution >= 4 is 11.3 Å². The number of hydrogen-bond acceptors (Lipinski definition) is 4. The van der Waals surface area contributed by atoms with Crippen molar-refractivity contribution in [1.29, 1.82) is 0 Å². The fraction of sp³-hybridized carbons (Fsp3) is 0.667. The Kier molecular flexibility index (Phi) is 5.16. The maximum Gasteiger partial charge on any atom is 0.443 e. The maximum absolute atomic E-state index is 12.3. The largest absolute Gasteiger partial charge is 0.443 e. The molecule has 0 saturated heterocycles. The second kappa shape index (κ2) is 6.06. The average Bonchev–Trinajstić information content (AvgIpc) is 2.71. The zero-order valence-corrected chi connectivity index (χ0v) is 10.2. The van der Waals surface area contributed by atoms with Gasteiger partial charge in [0.1, 0.15) is 6.61 Å². The molecular weight excluding hydrogens is 298 g/mol. The third kappa shape index (κ3) is 5.74. The molecule has 1 aromatic heterocycles. The third-order valence-corrected chi connectivity index (χ3v) is 3.14. The second-order valence-electron chi connectivity index (χ2n) is 3.63. The lowest BCUT2D eigenvalue weighted by Crippen LogP contribution is -2.19. The molecule has 0 fully saturated rings. The van der Waals surface area contributed by atoms with Gasteiger partial charge in [-0.1, -0.05) is 0 Å². The fourth-order valence-corrected chi connectivity index (χ4v) is 1.95. The van der Waals surface area contributed by atoms with Crippen LogP contribution in [0.25, 0.3) is 0 Å². The van der Waals surface area contributed by atoms with Gasteiger partial charge in [-0.2, -0.15) is 26.3 Å². The van der Waals surface area contributed by atoms with Crippen molar-refractivity contribution in [3.05, 3.63) is 16.1 Å². The number of thiazole rings is 1. The van der Waals surface area contributed by atoms with Crippen LogP contribution in [0.5, 0.6) is 0 Å². The number of halogens is 6. The zero-order chi connectivity index (χ0) is 14.7. The molecule has 0 aliphatic heterocycles. The van der Waals surface area contributed by atoms with Gasteiger partial charge in [-0.15, -0.1) is 11.3 Å². The van der Waals surface area contributed by atoms with Crippen LogP contribution in [0.4, 0.5) is 26.3 Å². The third-order valence-electron chi connectivity index (χ3n) is 1.97. The van der Waals surface area contributed by atoms with Gasteiger partial charge in [-0.05, 0) is 6.42 Å². The number of aromatic nitrogens is 1. The van der Waals surface area contributed by atoms with Gasteiger partial charge in [-0.25, -0.2) is 4.98 Å². The molecule has 0 spiro atoms. The van der Waals surface area contributed by atoms with E-state index in [0.29, 0.717) is 11.3 Å². The van der Waals surface area contributed by atoms with Crippen molar-refractivity contribution in [2.24, 2.45) is 5.73 Å². The van der Waals surface area contributed by atoms with E-state index in [-0.39, 0.29) is 17.9 Å². The summed E-state index contributed by atoms with van der Waals surface area (Å²) in [5.41, 5.74) is 5.54. The topological polar surface area (TPSA) is 48.1 Å². The van der Waals surface area contributed by atoms with Crippen molar-refractivity contribution < 1.29 is 31.1 Å². The van der Waals surface area contributed by atoms with Crippen LogP contribution < -0.4 is 5.73 Å². The van der Waals surface area contributed by atoms with E-state index < -0.39 is 30.0 Å². The van der Waals surface area contributed by atoms with E-state index >= 15 is 0 Å². The highest BCUT2D eigenvalue weighted by atomic mass is 32.1. The lowest BCUT2D eigenvalue weighted by Gasteiger charge is -2.11. The molecule has 1 heterocycles. The summed E-state index contributed by atoms with van der Waals surface area (Å²) >= 11 is 0.373. The van der Waals surface area contributed by atoms with Gasteiger partial charge in [-0.3, -0.25) is 0 Å². The number of ether oxygens (including phenoxy) is 1. The van der Waals surface area contributed by atoms with Crippen LogP contribution in [-0.2, 0) is 10.9 Å². The first-order chi connectivity index (χ1) is 8.59. The highest BCUT2D eigenvalue weighted by Gasteiger charge is 2.35. The highest BCUT2D eigenvalue weighted by Crippen LogP contribution is 2.34. The molecule has 0 saturated carbocycles. The number of nitrogens with two attached hydrogens (primary N) is 1. The van der Waals surface area contributed by atoms with E-state index in [9.17, 15) is 26.3 Å². The van der Waals surface area contributed by atoms with E-state index in [4.69, 9.17) is 5.73 Å². The van der Waals surface area contributed by atoms with Gasteiger partial charge in [0.2, 0.25) is 0 Å². The Balaban J connectivity index is 2.42. The minimum absolute atomic E-state index is 0.0183. The summed E-state index contributed by atoms with van der Waals surface area (Å²) in [6, 6.07) is -0.832. The Labute approximate surface area is 108 Å². The van der Waals surface area contributed by atoms with Gasteiger partial charge >= 0.3 is 12.4 Å². The Hall–Kier alpha value is -0.870. The Morgan fingerprint density at radius 2 is 1.89 bits per heavy atom. The lowest BCUT2D eigenvalue weighted by molar-refractivity contribution is -0.174. The minimum atomic E-state index is -4.55. The first-order valence-electron chi connectivity index (χ1n) is 5.02. The number of hydrogen-bond donors (Lipinski definition) is 1. The Bertz CT molecular complexity index is 402. The molecule has 0 aliphatic rings. The van der Waals surface area contributed by atoms with E-state index in [1.165, 1.54) is 0 Å². The molecule has 1 rings (SSSR count). The number of alkyl halides is 6. The molecular formula is C9H10F6N2OS. The van der Waals surface area contributed by atoms with Crippen LogP contribution in [0.3, 0.4) is 0 Å². The normalized spacial score (nSPS) is 14.7. The SMILES string of the molecule is NC(CCOCC(F)(F)F)c1cnc(C(F)(F)F)s1. The summed E-state index contributed by atoms with van der Waals surface area (Å²) < 4.78 is 76.3. The fourth-order valence-electron chi connectivity index (χ4n) is 1.13. The predicted octanol–water partition coefficient (Wildman–Crippen LogP) is 3.13. The van der Waals surface area contributed by atoms with Crippen molar-refractivity contribution in [2.75, 3.05) is 13.2 Å². The Morgan fingerprint density at radius 3 is 2.37 bits per heavy atom. The van der Waals surface area contributed by atoms with Gasteiger partial charge in [0.15, 0.2) is 5.01 Å². The summed E-state index contributed by atoms with van der Waals surface area (Å²) in [6.07, 6.45) is -8.02. The Morgan fingerprint density at radius 1 is 1.26 bits per heavy atom. The van der Waals surface area contributed by atoms with Gasteiger partial charge in [0.25, 0.3) is 0 Å². The van der Waals surface area contributed by atoms with E-state index in [1.54, 1.807) is 0 Å². The summed E-state index contributed by atoms with van der Waals surface area (Å²) in [4.78, 5) is 3.32. The van der Waals surface area contributed by atoms with Gasteiger partial charge in [0.05, 0.1) is 0 Å². The molecule has 0 bridgehead atoms. The molecule has 0 aromatic carbocycles. The molecule has 0 radical (unpaired) electrons. The summed E-state index contributed by atoms with van der Waals surface area (Å²) in [6.45, 7) is -1.70. The first-order valence-corrected chi connectivity index (χ1v) is 5.84. The predicted molar refractivity (Wildman–Crippen MR) is 55.5 cm³/mol. The maximum atomic E-state index is 12.3. The molecule has 1 atom stereocenters. The summed E-state index contributed by atoms with van der Waals surface area (Å²) in [5.74, 6) is 0. The molecule has 0 aliphatic carbocycles. The molecule has 1 unspecified atom stereocenters. The number of rotatable bonds is 5. The molecule has 2 N–H and O–H groups in total. The molecule has 0 amide bonds. The van der Waals surface area contributed by atoms with E-state index in [0.717, 1.165) is 6.20 Å². The molecule has 1 aromatic rings. The van der Waals surface area contributed by atoms with Gasteiger partial charge in [0, 0.05) is 23.7 Å². The first kappa shape index (κ1) is 16.2. The smallest absolute Gasteiger partial charge is 0.372 e. The lowest BCUT2D eigenvalue weighted by atomic mass is 10.2. The molecule has 110 valence electrons. The van der Waals surface area contributed by atoms with Crippen LogP contribution in [0.2, 0.25) is 0 Å². The molecule has 10 heteroatoms. The van der Waals surface area contributed by atoms with Crippen molar-refractivity contribution in [2.45, 2.75) is 24.8 Å². The van der Waals surface area contributed by atoms with Crippen LogP contribution in [-0.4, -0.2) is 24.4 Å². The van der Waals surface area contributed by atoms with Crippen LogP contribution in [0.15, 0.2) is 6.20 Å². The monoisotopic (exact) mass is 308 g/mol. The standard InChI is InChI=1S/C9H10F6N2OS/c10-8(11,12)4-18-2-1-5(16)6-3-17-7(19-6)9(13,14)15/h3,5H,1-2,4,16H2. The molecule has 19 heavy (non-hydrogen) atoms. The van der Waals surface area contributed by atoms with Crippen molar-refractivity contribution in [3.63, 3.8) is 0 Å². The van der Waals surface area contributed by atoms with E-state index in [2.05, 4.69) is 9.72 Å². The van der Waals surface area contributed by atoms with E-state index in [1.807, 2.05) is 0 Å². The van der Waals surface area contributed by atoms with Crippen LogP contribution in [0.1, 0.15) is 22.3 Å². The van der Waals surface area contributed by atoms with Crippen LogP contribution in [0, 0.1) is 0 Å². The van der Waals surface area contributed by atoms with Gasteiger partial charge < -0.3 is 10.5 Å². The number of nitrogens with zero attached hydrogens (tertiary/aromatic N) is 1. The van der Waals surface area contributed by atoms with Crippen molar-refractivity contribution in [1.82, 2.24) is 4.98 Å². The summed E-state index contributed by atoms with van der Waals surface area (Å²) in [5, 5.41) is -1.03. The zero-order valence-electron chi connectivity index (χ0n) is 9.38. The minimum Gasteiger partial charge on any atom is -0.372 e. The quantitative estimate of drug-likeness (QED) is 0.671. The van der Waals surface area contributed by atoms with Crippen molar-refractivity contribution in [3.8, 4) is 0 Å². The molecule has 3 nitrogen and oxygen atoms in total. The second-order valence-corrected chi connectivity index (χ2v) is 4.69. The van der Waals surface area contributed by atoms with Crippen LogP contribution >= 0.6 is 11.3 Å². The average molecular weight is 308 g/mol.